The highest BCUT2D eigenvalue weighted by atomic mass is 16.1. The maximum Gasteiger partial charge on any atom is 0.167 e. The van der Waals surface area contributed by atoms with Gasteiger partial charge in [-0.1, -0.05) is 49.4 Å². The highest BCUT2D eigenvalue weighted by Crippen LogP contribution is 2.18. The Kier molecular flexibility index (Phi) is 4.16. The van der Waals surface area contributed by atoms with Crippen LogP contribution < -0.4 is 0 Å². The molecule has 0 bridgehead atoms. The van der Waals surface area contributed by atoms with Gasteiger partial charge >= 0.3 is 0 Å². The Bertz CT molecular complexity index is 576. The average Bonchev–Trinajstić information content (AvgIpc) is 2.42. The van der Waals surface area contributed by atoms with Gasteiger partial charge in [0.1, 0.15) is 0 Å². The molecule has 0 saturated heterocycles. The zero-order chi connectivity index (χ0) is 13.8. The van der Waals surface area contributed by atoms with Crippen molar-refractivity contribution in [2.24, 2.45) is 0 Å². The summed E-state index contributed by atoms with van der Waals surface area (Å²) < 4.78 is 0. The predicted octanol–water partition coefficient (Wildman–Crippen LogP) is 4.29. The number of carbonyl (C=O) groups is 1. The fraction of sp³-hybridized carbons (Fsp3) is 0.278. The van der Waals surface area contributed by atoms with Crippen LogP contribution in [-0.4, -0.2) is 5.78 Å². The van der Waals surface area contributed by atoms with Gasteiger partial charge in [-0.2, -0.15) is 0 Å². The van der Waals surface area contributed by atoms with Gasteiger partial charge in [0, 0.05) is 12.0 Å². The van der Waals surface area contributed by atoms with Gasteiger partial charge < -0.3 is 0 Å². The highest BCUT2D eigenvalue weighted by molar-refractivity contribution is 5.99. The van der Waals surface area contributed by atoms with Crippen molar-refractivity contribution in [1.82, 2.24) is 0 Å². The lowest BCUT2D eigenvalue weighted by atomic mass is 9.93. The van der Waals surface area contributed by atoms with Crippen LogP contribution in [0.2, 0.25) is 0 Å². The largest absolute Gasteiger partial charge is 0.294 e. The molecule has 0 unspecified atom stereocenters. The zero-order valence-electron chi connectivity index (χ0n) is 11.9. The van der Waals surface area contributed by atoms with Crippen LogP contribution in [0.5, 0.6) is 0 Å². The standard InChI is InChI=1S/C18H20O/c1-4-15-10-5-6-11-16(15)18(19)12-17-13(2)8-7-9-14(17)3/h5-11H,4,12H2,1-3H3. The summed E-state index contributed by atoms with van der Waals surface area (Å²) in [6.07, 6.45) is 1.39. The molecule has 98 valence electrons. The summed E-state index contributed by atoms with van der Waals surface area (Å²) >= 11 is 0. The summed E-state index contributed by atoms with van der Waals surface area (Å²) in [5, 5.41) is 0. The maximum atomic E-state index is 12.5. The van der Waals surface area contributed by atoms with Gasteiger partial charge in [-0.05, 0) is 42.5 Å². The maximum absolute atomic E-state index is 12.5. The molecular weight excluding hydrogens is 232 g/mol. The van der Waals surface area contributed by atoms with Crippen molar-refractivity contribution in [3.05, 3.63) is 70.3 Å². The second kappa shape index (κ2) is 5.83. The minimum Gasteiger partial charge on any atom is -0.294 e. The molecular formula is C18H20O. The van der Waals surface area contributed by atoms with Gasteiger partial charge in [-0.15, -0.1) is 0 Å². The summed E-state index contributed by atoms with van der Waals surface area (Å²) in [5.41, 5.74) is 5.56. The van der Waals surface area contributed by atoms with Crippen LogP contribution in [-0.2, 0) is 12.8 Å². The Morgan fingerprint density at radius 1 is 0.947 bits per heavy atom. The topological polar surface area (TPSA) is 17.1 Å². The molecule has 0 aliphatic carbocycles. The molecule has 0 fully saturated rings. The fourth-order valence-corrected chi connectivity index (χ4v) is 2.48. The van der Waals surface area contributed by atoms with Crippen LogP contribution in [0.3, 0.4) is 0 Å². The first kappa shape index (κ1) is 13.5. The lowest BCUT2D eigenvalue weighted by Gasteiger charge is -2.11. The van der Waals surface area contributed by atoms with Gasteiger partial charge in [0.15, 0.2) is 5.78 Å². The highest BCUT2D eigenvalue weighted by Gasteiger charge is 2.13. The summed E-state index contributed by atoms with van der Waals surface area (Å²) in [6.45, 7) is 6.23. The number of aryl methyl sites for hydroxylation is 3. The van der Waals surface area contributed by atoms with E-state index in [9.17, 15) is 4.79 Å². The van der Waals surface area contributed by atoms with Crippen molar-refractivity contribution in [1.29, 1.82) is 0 Å². The normalized spacial score (nSPS) is 10.5. The Hall–Kier alpha value is -1.89. The quantitative estimate of drug-likeness (QED) is 0.742. The SMILES string of the molecule is CCc1ccccc1C(=O)Cc1c(C)cccc1C. The van der Waals surface area contributed by atoms with Crippen molar-refractivity contribution >= 4 is 5.78 Å². The van der Waals surface area contributed by atoms with Gasteiger partial charge in [0.25, 0.3) is 0 Å². The van der Waals surface area contributed by atoms with Gasteiger partial charge in [0.2, 0.25) is 0 Å². The molecule has 0 spiro atoms. The Morgan fingerprint density at radius 2 is 1.58 bits per heavy atom. The monoisotopic (exact) mass is 252 g/mol. The van der Waals surface area contributed by atoms with E-state index in [1.165, 1.54) is 16.7 Å². The van der Waals surface area contributed by atoms with E-state index in [0.29, 0.717) is 6.42 Å². The van der Waals surface area contributed by atoms with Crippen LogP contribution in [0, 0.1) is 13.8 Å². The zero-order valence-corrected chi connectivity index (χ0v) is 11.9. The van der Waals surface area contributed by atoms with E-state index in [2.05, 4.69) is 32.9 Å². The number of Topliss-reactive ketones (excluding diaryl/α,β-unsaturated/α-hetero) is 1. The van der Waals surface area contributed by atoms with E-state index >= 15 is 0 Å². The second-order valence-electron chi connectivity index (χ2n) is 4.98. The molecule has 0 aromatic heterocycles. The lowest BCUT2D eigenvalue weighted by molar-refractivity contribution is 0.0991. The summed E-state index contributed by atoms with van der Waals surface area (Å²) in [4.78, 5) is 12.5. The number of hydrogen-bond acceptors (Lipinski definition) is 1. The van der Waals surface area contributed by atoms with E-state index in [4.69, 9.17) is 0 Å². The van der Waals surface area contributed by atoms with Crippen LogP contribution in [0.25, 0.3) is 0 Å². The van der Waals surface area contributed by atoms with Crippen molar-refractivity contribution in [3.8, 4) is 0 Å². The minimum atomic E-state index is 0.217. The molecule has 2 aromatic rings. The van der Waals surface area contributed by atoms with Crippen molar-refractivity contribution in [3.63, 3.8) is 0 Å². The van der Waals surface area contributed by atoms with Crippen LogP contribution >= 0.6 is 0 Å². The fourth-order valence-electron chi connectivity index (χ4n) is 2.48. The summed E-state index contributed by atoms with van der Waals surface area (Å²) in [5.74, 6) is 0.217. The Balaban J connectivity index is 2.31. The minimum absolute atomic E-state index is 0.217. The number of benzene rings is 2. The molecule has 19 heavy (non-hydrogen) atoms. The number of rotatable bonds is 4. The van der Waals surface area contributed by atoms with Crippen molar-refractivity contribution < 1.29 is 4.79 Å². The number of ketones is 1. The van der Waals surface area contributed by atoms with Gasteiger partial charge in [-0.3, -0.25) is 4.79 Å². The third-order valence-corrected chi connectivity index (χ3v) is 3.68. The molecule has 0 N–H and O–H groups in total. The molecule has 0 radical (unpaired) electrons. The molecule has 0 aliphatic heterocycles. The molecule has 1 heteroatoms. The molecule has 1 nitrogen and oxygen atoms in total. The first-order valence-corrected chi connectivity index (χ1v) is 6.79. The summed E-state index contributed by atoms with van der Waals surface area (Å²) in [6, 6.07) is 14.1. The van der Waals surface area contributed by atoms with E-state index in [1.807, 2.05) is 30.3 Å². The Morgan fingerprint density at radius 3 is 2.21 bits per heavy atom. The average molecular weight is 252 g/mol. The van der Waals surface area contributed by atoms with Gasteiger partial charge in [-0.25, -0.2) is 0 Å². The number of hydrogen-bond donors (Lipinski definition) is 0. The third-order valence-electron chi connectivity index (χ3n) is 3.68. The van der Waals surface area contributed by atoms with Crippen LogP contribution in [0.1, 0.15) is 39.5 Å². The van der Waals surface area contributed by atoms with Crippen LogP contribution in [0.4, 0.5) is 0 Å². The van der Waals surface area contributed by atoms with E-state index in [-0.39, 0.29) is 5.78 Å². The van der Waals surface area contributed by atoms with E-state index in [0.717, 1.165) is 17.5 Å². The molecule has 0 atom stereocenters. The first-order valence-electron chi connectivity index (χ1n) is 6.79. The van der Waals surface area contributed by atoms with Gasteiger partial charge in [0.05, 0.1) is 0 Å². The molecule has 0 saturated carbocycles. The van der Waals surface area contributed by atoms with E-state index < -0.39 is 0 Å². The van der Waals surface area contributed by atoms with E-state index in [1.54, 1.807) is 0 Å². The van der Waals surface area contributed by atoms with Crippen LogP contribution in [0.15, 0.2) is 42.5 Å². The lowest BCUT2D eigenvalue weighted by Crippen LogP contribution is -2.09. The number of carbonyl (C=O) groups excluding carboxylic acids is 1. The third kappa shape index (κ3) is 2.93. The molecule has 0 heterocycles. The molecule has 2 rings (SSSR count). The summed E-state index contributed by atoms with van der Waals surface area (Å²) in [7, 11) is 0. The molecule has 0 amide bonds. The predicted molar refractivity (Wildman–Crippen MR) is 79.8 cm³/mol. The Labute approximate surface area is 115 Å². The van der Waals surface area contributed by atoms with Crippen molar-refractivity contribution in [2.45, 2.75) is 33.6 Å². The molecule has 0 aliphatic rings. The second-order valence-corrected chi connectivity index (χ2v) is 4.98. The van der Waals surface area contributed by atoms with Crippen molar-refractivity contribution in [2.75, 3.05) is 0 Å². The first-order chi connectivity index (χ1) is 9.13. The molecule has 2 aromatic carbocycles. The smallest absolute Gasteiger partial charge is 0.167 e.